The van der Waals surface area contributed by atoms with E-state index in [1.54, 1.807) is 6.07 Å². The molecule has 0 bridgehead atoms. The van der Waals surface area contributed by atoms with Crippen LogP contribution in [0.25, 0.3) is 11.5 Å². The first-order valence-corrected chi connectivity index (χ1v) is 8.15. The molecule has 1 aliphatic rings. The van der Waals surface area contributed by atoms with E-state index in [4.69, 9.17) is 21.9 Å². The number of rotatable bonds is 4. The van der Waals surface area contributed by atoms with Crippen molar-refractivity contribution >= 4 is 29.1 Å². The van der Waals surface area contributed by atoms with E-state index >= 15 is 0 Å². The minimum atomic E-state index is 0.437. The number of anilines is 1. The van der Waals surface area contributed by atoms with E-state index in [1.165, 1.54) is 25.7 Å². The molecule has 1 heterocycles. The Hall–Kier alpha value is -1.20. The van der Waals surface area contributed by atoms with E-state index < -0.39 is 0 Å². The van der Waals surface area contributed by atoms with Gasteiger partial charge in [0.2, 0.25) is 0 Å². The summed E-state index contributed by atoms with van der Waals surface area (Å²) in [5.41, 5.74) is 7.11. The number of hydrogen-bond donors (Lipinski definition) is 1. The molecule has 0 spiro atoms. The maximum Gasteiger partial charge on any atom is 0.260 e. The molecule has 0 atom stereocenters. The number of benzene rings is 1. The average Bonchev–Trinajstić information content (AvgIpc) is 3.10. The van der Waals surface area contributed by atoms with Crippen LogP contribution in [0.1, 0.15) is 31.5 Å². The third kappa shape index (κ3) is 2.94. The van der Waals surface area contributed by atoms with E-state index in [9.17, 15) is 0 Å². The van der Waals surface area contributed by atoms with Gasteiger partial charge in [0.05, 0.1) is 22.0 Å². The summed E-state index contributed by atoms with van der Waals surface area (Å²) in [4.78, 5) is 4.41. The van der Waals surface area contributed by atoms with Crippen LogP contribution in [0.3, 0.4) is 0 Å². The maximum absolute atomic E-state index is 6.00. The van der Waals surface area contributed by atoms with Crippen LogP contribution in [0.15, 0.2) is 22.7 Å². The lowest BCUT2D eigenvalue weighted by atomic mass is 10.2. The normalized spacial score (nSPS) is 15.8. The summed E-state index contributed by atoms with van der Waals surface area (Å²) in [5, 5.41) is 5.26. The largest absolute Gasteiger partial charge is 0.397 e. The van der Waals surface area contributed by atoms with Crippen molar-refractivity contribution in [1.29, 1.82) is 0 Å². The van der Waals surface area contributed by atoms with Crippen molar-refractivity contribution < 1.29 is 4.52 Å². The molecule has 0 saturated heterocycles. The first kappa shape index (κ1) is 13.8. The number of nitrogen functional groups attached to an aromatic ring is 1. The monoisotopic (exact) mass is 309 g/mol. The van der Waals surface area contributed by atoms with Crippen LogP contribution in [0.2, 0.25) is 5.02 Å². The molecule has 3 rings (SSSR count). The van der Waals surface area contributed by atoms with Crippen LogP contribution in [0.5, 0.6) is 0 Å². The van der Waals surface area contributed by atoms with Crippen LogP contribution in [0, 0.1) is 0 Å². The molecule has 0 aliphatic heterocycles. The Morgan fingerprint density at radius 3 is 2.95 bits per heavy atom. The zero-order chi connectivity index (χ0) is 13.9. The second kappa shape index (κ2) is 6.06. The number of nitrogens with two attached hydrogens (primary N) is 1. The molecule has 1 aromatic heterocycles. The number of halogens is 1. The highest BCUT2D eigenvalue weighted by molar-refractivity contribution is 7.99. The van der Waals surface area contributed by atoms with E-state index in [0.717, 1.165) is 16.8 Å². The summed E-state index contributed by atoms with van der Waals surface area (Å²) in [6.07, 6.45) is 5.29. The van der Waals surface area contributed by atoms with Crippen molar-refractivity contribution in [3.63, 3.8) is 0 Å². The van der Waals surface area contributed by atoms with E-state index in [2.05, 4.69) is 10.1 Å². The molecule has 4 nitrogen and oxygen atoms in total. The average molecular weight is 310 g/mol. The van der Waals surface area contributed by atoms with Crippen LogP contribution in [-0.4, -0.2) is 15.4 Å². The topological polar surface area (TPSA) is 64.9 Å². The van der Waals surface area contributed by atoms with Gasteiger partial charge in [-0.2, -0.15) is 16.7 Å². The lowest BCUT2D eigenvalue weighted by Crippen LogP contribution is -1.96. The Morgan fingerprint density at radius 2 is 2.15 bits per heavy atom. The number of aromatic nitrogens is 2. The molecule has 20 heavy (non-hydrogen) atoms. The van der Waals surface area contributed by atoms with Crippen molar-refractivity contribution in [2.75, 3.05) is 5.73 Å². The molecule has 2 N–H and O–H groups in total. The van der Waals surface area contributed by atoms with Crippen molar-refractivity contribution in [3.8, 4) is 11.5 Å². The van der Waals surface area contributed by atoms with Crippen LogP contribution < -0.4 is 5.73 Å². The predicted molar refractivity (Wildman–Crippen MR) is 82.7 cm³/mol. The number of hydrogen-bond acceptors (Lipinski definition) is 5. The first-order chi connectivity index (χ1) is 9.74. The predicted octanol–water partition coefficient (Wildman–Crippen LogP) is 4.15. The molecule has 1 saturated carbocycles. The van der Waals surface area contributed by atoms with Gasteiger partial charge in [-0.25, -0.2) is 0 Å². The van der Waals surface area contributed by atoms with Gasteiger partial charge in [0.25, 0.3) is 5.89 Å². The summed E-state index contributed by atoms with van der Waals surface area (Å²) >= 11 is 7.91. The molecule has 106 valence electrons. The van der Waals surface area contributed by atoms with Gasteiger partial charge in [-0.05, 0) is 25.0 Å². The van der Waals surface area contributed by atoms with Gasteiger partial charge in [0.15, 0.2) is 5.82 Å². The summed E-state index contributed by atoms with van der Waals surface area (Å²) in [5.74, 6) is 1.94. The fourth-order valence-electron chi connectivity index (χ4n) is 2.39. The Morgan fingerprint density at radius 1 is 1.35 bits per heavy atom. The molecule has 1 fully saturated rings. The van der Waals surface area contributed by atoms with Crippen LogP contribution >= 0.6 is 23.4 Å². The first-order valence-electron chi connectivity index (χ1n) is 6.72. The third-order valence-electron chi connectivity index (χ3n) is 3.50. The van der Waals surface area contributed by atoms with Gasteiger partial charge in [-0.3, -0.25) is 0 Å². The Kier molecular flexibility index (Phi) is 4.17. The Bertz CT molecular complexity index is 596. The van der Waals surface area contributed by atoms with Gasteiger partial charge < -0.3 is 10.3 Å². The van der Waals surface area contributed by atoms with Crippen molar-refractivity contribution in [2.24, 2.45) is 0 Å². The van der Waals surface area contributed by atoms with E-state index in [1.807, 2.05) is 23.9 Å². The summed E-state index contributed by atoms with van der Waals surface area (Å²) in [7, 11) is 0. The number of thioether (sulfide) groups is 1. The summed E-state index contributed by atoms with van der Waals surface area (Å²) in [6, 6.07) is 5.40. The van der Waals surface area contributed by atoms with Crippen molar-refractivity contribution in [1.82, 2.24) is 10.1 Å². The Labute approximate surface area is 127 Å². The summed E-state index contributed by atoms with van der Waals surface area (Å²) < 4.78 is 5.29. The highest BCUT2D eigenvalue weighted by Gasteiger charge is 2.18. The molecular weight excluding hydrogens is 294 g/mol. The van der Waals surface area contributed by atoms with E-state index in [0.29, 0.717) is 22.2 Å². The second-order valence-electron chi connectivity index (χ2n) is 4.93. The molecule has 6 heteroatoms. The summed E-state index contributed by atoms with van der Waals surface area (Å²) in [6.45, 7) is 0. The molecule has 1 aromatic carbocycles. The lowest BCUT2D eigenvalue weighted by molar-refractivity contribution is 0.425. The van der Waals surface area contributed by atoms with Gasteiger partial charge in [-0.15, -0.1) is 0 Å². The van der Waals surface area contributed by atoms with E-state index in [-0.39, 0.29) is 0 Å². The second-order valence-corrected chi connectivity index (χ2v) is 6.63. The minimum Gasteiger partial charge on any atom is -0.397 e. The molecule has 2 aromatic rings. The smallest absolute Gasteiger partial charge is 0.260 e. The van der Waals surface area contributed by atoms with Gasteiger partial charge in [0.1, 0.15) is 0 Å². The fourth-order valence-corrected chi connectivity index (χ4v) is 3.74. The van der Waals surface area contributed by atoms with Gasteiger partial charge in [0, 0.05) is 5.25 Å². The van der Waals surface area contributed by atoms with Gasteiger partial charge >= 0.3 is 0 Å². The zero-order valence-electron chi connectivity index (χ0n) is 11.0. The number of para-hydroxylation sites is 1. The lowest BCUT2D eigenvalue weighted by Gasteiger charge is -2.05. The van der Waals surface area contributed by atoms with Crippen LogP contribution in [-0.2, 0) is 5.75 Å². The molecule has 1 aliphatic carbocycles. The van der Waals surface area contributed by atoms with Crippen molar-refractivity contribution in [2.45, 2.75) is 36.7 Å². The highest BCUT2D eigenvalue weighted by Crippen LogP contribution is 2.33. The SMILES string of the molecule is Nc1c(Cl)cccc1-c1nc(CSC2CCCC2)no1. The Balaban J connectivity index is 1.71. The number of nitrogens with zero attached hydrogens (tertiary/aromatic N) is 2. The molecular formula is C14H16ClN3OS. The molecule has 0 radical (unpaired) electrons. The maximum atomic E-state index is 6.00. The van der Waals surface area contributed by atoms with Gasteiger partial charge in [-0.1, -0.05) is 35.7 Å². The standard InChI is InChI=1S/C14H16ClN3OS/c15-11-7-3-6-10(13(11)16)14-17-12(18-19-14)8-20-9-4-1-2-5-9/h3,6-7,9H,1-2,4-5,8,16H2. The zero-order valence-corrected chi connectivity index (χ0v) is 12.6. The van der Waals surface area contributed by atoms with Crippen LogP contribution in [0.4, 0.5) is 5.69 Å². The minimum absolute atomic E-state index is 0.437. The molecule has 0 amide bonds. The molecule has 0 unspecified atom stereocenters. The highest BCUT2D eigenvalue weighted by atomic mass is 35.5. The third-order valence-corrected chi connectivity index (χ3v) is 5.20. The van der Waals surface area contributed by atoms with Crippen molar-refractivity contribution in [3.05, 3.63) is 29.0 Å². The quantitative estimate of drug-likeness (QED) is 0.859. The fraction of sp³-hybridized carbons (Fsp3) is 0.429.